The first-order valence-corrected chi connectivity index (χ1v) is 6.12. The molecule has 1 amide bonds. The molecule has 0 aromatic carbocycles. The first-order chi connectivity index (χ1) is 7.99. The lowest BCUT2D eigenvalue weighted by atomic mass is 9.74. The summed E-state index contributed by atoms with van der Waals surface area (Å²) in [5.74, 6) is -1.01. The van der Waals surface area contributed by atoms with Crippen LogP contribution in [0, 0.1) is 5.41 Å². The van der Waals surface area contributed by atoms with E-state index in [1.54, 1.807) is 6.08 Å². The van der Waals surface area contributed by atoms with Crippen molar-refractivity contribution in [3.05, 3.63) is 12.7 Å². The Hall–Kier alpha value is -1.32. The molecule has 0 bridgehead atoms. The Morgan fingerprint density at radius 1 is 1.35 bits per heavy atom. The molecule has 0 heterocycles. The van der Waals surface area contributed by atoms with E-state index >= 15 is 0 Å². The number of carboxylic acids is 1. The van der Waals surface area contributed by atoms with E-state index in [0.29, 0.717) is 6.54 Å². The number of carbonyl (C=O) groups is 2. The maximum absolute atomic E-state index is 12.4. The summed E-state index contributed by atoms with van der Waals surface area (Å²) in [4.78, 5) is 24.5. The lowest BCUT2D eigenvalue weighted by molar-refractivity contribution is -0.150. The molecule has 0 radical (unpaired) electrons. The molecule has 1 rings (SSSR count). The Labute approximate surface area is 102 Å². The maximum Gasteiger partial charge on any atom is 0.323 e. The highest BCUT2D eigenvalue weighted by Gasteiger charge is 2.37. The predicted octanol–water partition coefficient (Wildman–Crippen LogP) is 2.06. The molecule has 4 heteroatoms. The largest absolute Gasteiger partial charge is 0.480 e. The molecule has 1 aliphatic rings. The fourth-order valence-corrected chi connectivity index (χ4v) is 2.47. The summed E-state index contributed by atoms with van der Waals surface area (Å²) in [6.07, 6.45) is 6.57. The van der Waals surface area contributed by atoms with Crippen LogP contribution in [-0.2, 0) is 9.59 Å². The van der Waals surface area contributed by atoms with Crippen molar-refractivity contribution in [3.8, 4) is 0 Å². The van der Waals surface area contributed by atoms with Crippen molar-refractivity contribution in [2.75, 3.05) is 13.1 Å². The Morgan fingerprint density at radius 2 is 1.94 bits per heavy atom. The van der Waals surface area contributed by atoms with E-state index in [0.717, 1.165) is 25.7 Å². The minimum Gasteiger partial charge on any atom is -0.480 e. The zero-order chi connectivity index (χ0) is 12.9. The van der Waals surface area contributed by atoms with E-state index in [1.807, 2.05) is 6.92 Å². The number of amides is 1. The third-order valence-electron chi connectivity index (χ3n) is 3.44. The fourth-order valence-electron chi connectivity index (χ4n) is 2.47. The van der Waals surface area contributed by atoms with Gasteiger partial charge in [-0.1, -0.05) is 32.3 Å². The van der Waals surface area contributed by atoms with Crippen molar-refractivity contribution in [2.24, 2.45) is 5.41 Å². The molecule has 0 unspecified atom stereocenters. The Bertz CT molecular complexity index is 306. The average Bonchev–Trinajstić information content (AvgIpc) is 2.28. The Morgan fingerprint density at radius 3 is 2.41 bits per heavy atom. The molecule has 4 nitrogen and oxygen atoms in total. The van der Waals surface area contributed by atoms with Gasteiger partial charge in [0.2, 0.25) is 5.91 Å². The summed E-state index contributed by atoms with van der Waals surface area (Å²) in [5, 5.41) is 8.81. The molecule has 0 aromatic rings. The van der Waals surface area contributed by atoms with Crippen LogP contribution >= 0.6 is 0 Å². The molecular formula is C13H21NO3. The summed E-state index contributed by atoms with van der Waals surface area (Å²) >= 11 is 0. The molecule has 1 N–H and O–H groups in total. The number of hydrogen-bond donors (Lipinski definition) is 1. The van der Waals surface area contributed by atoms with Crippen LogP contribution in [0.15, 0.2) is 12.7 Å². The molecule has 0 atom stereocenters. The van der Waals surface area contributed by atoms with E-state index in [9.17, 15) is 9.59 Å². The summed E-state index contributed by atoms with van der Waals surface area (Å²) < 4.78 is 0. The lowest BCUT2D eigenvalue weighted by Gasteiger charge is -2.36. The second-order valence-electron chi connectivity index (χ2n) is 4.99. The SMILES string of the molecule is C=CCN(CC(=O)O)C(=O)C1(C)CCCCC1. The molecule has 0 spiro atoms. The van der Waals surface area contributed by atoms with E-state index in [2.05, 4.69) is 6.58 Å². The molecule has 0 aliphatic heterocycles. The summed E-state index contributed by atoms with van der Waals surface area (Å²) in [6, 6.07) is 0. The standard InChI is InChI=1S/C13H21NO3/c1-3-9-14(10-11(15)16)12(17)13(2)7-5-4-6-8-13/h3H,1,4-10H2,2H3,(H,15,16). The molecule has 1 saturated carbocycles. The first kappa shape index (κ1) is 13.7. The van der Waals surface area contributed by atoms with Crippen LogP contribution in [0.4, 0.5) is 0 Å². The fraction of sp³-hybridized carbons (Fsp3) is 0.692. The van der Waals surface area contributed by atoms with Gasteiger partial charge in [0.1, 0.15) is 6.54 Å². The van der Waals surface area contributed by atoms with E-state index in [4.69, 9.17) is 5.11 Å². The van der Waals surface area contributed by atoms with Gasteiger partial charge in [-0.15, -0.1) is 6.58 Å². The smallest absolute Gasteiger partial charge is 0.323 e. The van der Waals surface area contributed by atoms with Gasteiger partial charge in [0.05, 0.1) is 0 Å². The van der Waals surface area contributed by atoms with Gasteiger partial charge in [-0.05, 0) is 12.8 Å². The molecule has 1 aliphatic carbocycles. The van der Waals surface area contributed by atoms with Crippen LogP contribution in [0.3, 0.4) is 0 Å². The van der Waals surface area contributed by atoms with Gasteiger partial charge in [0, 0.05) is 12.0 Å². The van der Waals surface area contributed by atoms with Crippen molar-refractivity contribution in [1.82, 2.24) is 4.90 Å². The van der Waals surface area contributed by atoms with Crippen molar-refractivity contribution in [3.63, 3.8) is 0 Å². The third-order valence-corrected chi connectivity index (χ3v) is 3.44. The highest BCUT2D eigenvalue weighted by Crippen LogP contribution is 2.37. The predicted molar refractivity (Wildman–Crippen MR) is 65.6 cm³/mol. The van der Waals surface area contributed by atoms with Crippen molar-refractivity contribution >= 4 is 11.9 Å². The van der Waals surface area contributed by atoms with Gasteiger partial charge in [-0.25, -0.2) is 0 Å². The number of carbonyl (C=O) groups excluding carboxylic acids is 1. The minimum atomic E-state index is -0.973. The van der Waals surface area contributed by atoms with Crippen LogP contribution in [0.1, 0.15) is 39.0 Å². The second-order valence-corrected chi connectivity index (χ2v) is 4.99. The van der Waals surface area contributed by atoms with Gasteiger partial charge in [-0.2, -0.15) is 0 Å². The summed E-state index contributed by atoms with van der Waals surface area (Å²) in [7, 11) is 0. The van der Waals surface area contributed by atoms with Crippen molar-refractivity contribution in [1.29, 1.82) is 0 Å². The molecule has 17 heavy (non-hydrogen) atoms. The van der Waals surface area contributed by atoms with Crippen LogP contribution < -0.4 is 0 Å². The van der Waals surface area contributed by atoms with E-state index < -0.39 is 5.97 Å². The van der Waals surface area contributed by atoms with Crippen LogP contribution in [0.5, 0.6) is 0 Å². The molecular weight excluding hydrogens is 218 g/mol. The zero-order valence-electron chi connectivity index (χ0n) is 10.4. The number of carboxylic acid groups (broad SMARTS) is 1. The van der Waals surface area contributed by atoms with Gasteiger partial charge in [-0.3, -0.25) is 9.59 Å². The Balaban J connectivity index is 2.74. The van der Waals surface area contributed by atoms with Crippen molar-refractivity contribution < 1.29 is 14.7 Å². The lowest BCUT2D eigenvalue weighted by Crippen LogP contribution is -2.45. The average molecular weight is 239 g/mol. The van der Waals surface area contributed by atoms with Gasteiger partial charge in [0.25, 0.3) is 0 Å². The van der Waals surface area contributed by atoms with Crippen LogP contribution in [0.25, 0.3) is 0 Å². The molecule has 0 aromatic heterocycles. The zero-order valence-corrected chi connectivity index (χ0v) is 10.4. The van der Waals surface area contributed by atoms with Gasteiger partial charge in [0.15, 0.2) is 0 Å². The molecule has 96 valence electrons. The number of hydrogen-bond acceptors (Lipinski definition) is 2. The van der Waals surface area contributed by atoms with Crippen LogP contribution in [-0.4, -0.2) is 35.0 Å². The first-order valence-electron chi connectivity index (χ1n) is 6.12. The highest BCUT2D eigenvalue weighted by atomic mass is 16.4. The summed E-state index contributed by atoms with van der Waals surface area (Å²) in [6.45, 7) is 5.59. The van der Waals surface area contributed by atoms with Gasteiger partial charge < -0.3 is 10.0 Å². The van der Waals surface area contributed by atoms with E-state index in [-0.39, 0.29) is 17.9 Å². The number of nitrogens with zero attached hydrogens (tertiary/aromatic N) is 1. The molecule has 0 saturated heterocycles. The maximum atomic E-state index is 12.4. The normalized spacial score (nSPS) is 18.4. The third kappa shape index (κ3) is 3.58. The topological polar surface area (TPSA) is 57.6 Å². The summed E-state index contributed by atoms with van der Waals surface area (Å²) in [5.41, 5.74) is -0.378. The molecule has 1 fully saturated rings. The highest BCUT2D eigenvalue weighted by molar-refractivity contribution is 5.85. The second kappa shape index (κ2) is 5.84. The Kier molecular flexibility index (Phi) is 4.73. The minimum absolute atomic E-state index is 0.0421. The van der Waals surface area contributed by atoms with Crippen molar-refractivity contribution in [2.45, 2.75) is 39.0 Å². The van der Waals surface area contributed by atoms with Gasteiger partial charge >= 0.3 is 5.97 Å². The monoisotopic (exact) mass is 239 g/mol. The quantitative estimate of drug-likeness (QED) is 0.747. The van der Waals surface area contributed by atoms with E-state index in [1.165, 1.54) is 11.3 Å². The number of aliphatic carboxylic acids is 1. The number of rotatable bonds is 5. The van der Waals surface area contributed by atoms with Crippen LogP contribution in [0.2, 0.25) is 0 Å².